The standard InChI is InChI=1S/C40H67O22P3.C28H48O15P2.35CH4/c1-5-56-30-40(18-6-21-57-63(50,51)60-24-15-37(47)27-34(44)12-9-31(2)41,19-7-22-58-64(52,53)61-25-16-38(48)28-35(45)13-10-32(3)42)20-8-23-59-65(54,55)62-26-17-39(49)29-36(46)14-11-33(4)43;1-4-39-21-24(7-5-15-40-44(35,36)42-17-13-27(33)19-25(31)11-9-22(2)29)8-6-16-41-45(37,38)43-18-14-28(34)20-26(32)12-10-23(3)30;;;;;;;;;;;;;;;;;;;;;;;;;;;;;;;;;;;/h5-30H2,1-4H3,(H,50,51)(H,52,53)(H,54,55);24H,4-21H2,1-3H3,(H,35,36)(H,37,38);35*1H4/p-5. The molecule has 145 heavy (non-hydrogen) atoms. The van der Waals surface area contributed by atoms with Gasteiger partial charge in [-0.1, -0.05) is 260 Å². The molecular formula is C103H250O37P5-5. The van der Waals surface area contributed by atoms with E-state index in [1.54, 1.807) is 13.8 Å². The van der Waals surface area contributed by atoms with Gasteiger partial charge in [-0.2, -0.15) is 0 Å². The van der Waals surface area contributed by atoms with Crippen LogP contribution in [0.25, 0.3) is 0 Å². The zero-order valence-electron chi connectivity index (χ0n) is 64.0. The van der Waals surface area contributed by atoms with Crippen molar-refractivity contribution in [2.24, 2.45) is 11.3 Å². The van der Waals surface area contributed by atoms with Crippen LogP contribution < -0.4 is 24.5 Å². The minimum atomic E-state index is -4.92. The Hall–Kier alpha value is -4.48. The number of carbonyl (C=O) groups is 15. The maximum absolute atomic E-state index is 12.4. The van der Waals surface area contributed by atoms with E-state index >= 15 is 0 Å². The first kappa shape index (κ1) is 255. The quantitative estimate of drug-likeness (QED) is 0.0310. The van der Waals surface area contributed by atoms with Crippen molar-refractivity contribution in [2.45, 2.75) is 501 Å². The molecule has 5 atom stereocenters. The number of ketones is 15. The van der Waals surface area contributed by atoms with Crippen LogP contribution in [0.15, 0.2) is 0 Å². The van der Waals surface area contributed by atoms with Crippen molar-refractivity contribution < 1.29 is 174 Å². The molecule has 0 aromatic rings. The van der Waals surface area contributed by atoms with E-state index in [4.69, 9.17) is 45.7 Å². The molecule has 0 aliphatic carbocycles. The molecule has 0 heterocycles. The molecule has 0 radical (unpaired) electrons. The fourth-order valence-electron chi connectivity index (χ4n) is 9.58. The maximum Gasteiger partial charge on any atom is 0.267 e. The van der Waals surface area contributed by atoms with Crippen molar-refractivity contribution in [2.75, 3.05) is 92.5 Å². The van der Waals surface area contributed by atoms with Gasteiger partial charge in [0.25, 0.3) is 39.1 Å². The van der Waals surface area contributed by atoms with Crippen LogP contribution >= 0.6 is 39.1 Å². The molecule has 0 N–H and O–H groups in total. The van der Waals surface area contributed by atoms with Gasteiger partial charge < -0.3 is 103 Å². The second-order valence-corrected chi connectivity index (χ2v) is 32.9. The monoisotopic (exact) mass is 2230 g/mol. The Morgan fingerprint density at radius 3 is 0.510 bits per heavy atom. The van der Waals surface area contributed by atoms with Crippen molar-refractivity contribution in [3.05, 3.63) is 0 Å². The SMILES string of the molecule is C.C.C.C.C.C.C.C.C.C.C.C.C.C.C.C.C.C.C.C.C.C.C.C.C.C.C.C.C.C.C.C.C.C.C.CCOCC(CCCOP(=O)([O-])OCCC(=O)CC(=O)CCC(C)=O)(CCCOP(=O)([O-])OCCC(=O)CC(=O)CCC(C)=O)CCCOP(=O)([O-])OCCC(=O)CC(=O)CCC(C)=O.CCOCC(CCCOP(=O)([O-])OCCC(=O)CC(=O)CCC(C)=O)CCCOP(=O)([O-])OCCC(=O)CC(=O)CCC(C)=O. The Bertz CT molecular complexity index is 2940. The number of carbonyl (C=O) groups excluding carboxylic acids is 15. The second kappa shape index (κ2) is 146. The fourth-order valence-corrected chi connectivity index (χ4v) is 13.3. The fraction of sp³-hybridized carbons (Fsp3) is 0.854. The number of hydrogen-bond acceptors (Lipinski definition) is 37. The molecule has 5 unspecified atom stereocenters. The molecule has 914 valence electrons. The minimum absolute atomic E-state index is 0. The van der Waals surface area contributed by atoms with Crippen molar-refractivity contribution in [3.63, 3.8) is 0 Å². The van der Waals surface area contributed by atoms with Gasteiger partial charge in [0, 0.05) is 116 Å². The van der Waals surface area contributed by atoms with Gasteiger partial charge in [-0.05, 0) is 124 Å². The minimum Gasteiger partial charge on any atom is -0.756 e. The van der Waals surface area contributed by atoms with E-state index in [0.29, 0.717) is 38.9 Å². The van der Waals surface area contributed by atoms with Crippen LogP contribution in [0.4, 0.5) is 0 Å². The third kappa shape index (κ3) is 162. The summed E-state index contributed by atoms with van der Waals surface area (Å²) in [4.78, 5) is 235. The van der Waals surface area contributed by atoms with E-state index in [-0.39, 0.29) is 437 Å². The van der Waals surface area contributed by atoms with Crippen molar-refractivity contribution in [1.29, 1.82) is 0 Å². The van der Waals surface area contributed by atoms with Gasteiger partial charge in [-0.3, -0.25) is 70.8 Å². The zero-order valence-corrected chi connectivity index (χ0v) is 68.5. The highest BCUT2D eigenvalue weighted by molar-refractivity contribution is 7.46. The lowest BCUT2D eigenvalue weighted by atomic mass is 9.76. The first-order chi connectivity index (χ1) is 51.3. The average Bonchev–Trinajstić information content (AvgIpc) is 0.858. The smallest absolute Gasteiger partial charge is 0.267 e. The van der Waals surface area contributed by atoms with Gasteiger partial charge in [-0.25, -0.2) is 0 Å². The Labute approximate surface area is 900 Å². The summed E-state index contributed by atoms with van der Waals surface area (Å²) in [6.45, 7) is 6.79. The van der Waals surface area contributed by atoms with Gasteiger partial charge >= 0.3 is 0 Å². The summed E-state index contributed by atoms with van der Waals surface area (Å²) < 4.78 is 120. The predicted molar refractivity (Wildman–Crippen MR) is 614 cm³/mol. The van der Waals surface area contributed by atoms with Crippen LogP contribution in [-0.2, 0) is 149 Å². The van der Waals surface area contributed by atoms with Crippen LogP contribution in [0.3, 0.4) is 0 Å². The van der Waals surface area contributed by atoms with Crippen molar-refractivity contribution in [1.82, 2.24) is 0 Å². The molecule has 0 aromatic heterocycles. The lowest BCUT2D eigenvalue weighted by molar-refractivity contribution is -0.227. The molecule has 0 aliphatic heterocycles. The number of Topliss-reactive ketones (excluding diaryl/α,β-unsaturated/α-hetero) is 15. The number of hydrogen-bond donors (Lipinski definition) is 0. The summed E-state index contributed by atoms with van der Waals surface area (Å²) in [6, 6.07) is 0. The Kier molecular flexibility index (Phi) is 257. The lowest BCUT2D eigenvalue weighted by Gasteiger charge is -2.35. The molecule has 0 saturated heterocycles. The first-order valence-electron chi connectivity index (χ1n) is 36.1. The normalized spacial score (nSPS) is 11.4. The topological polar surface area (TPSA) is 567 Å². The Morgan fingerprint density at radius 1 is 0.214 bits per heavy atom. The third-order valence-corrected chi connectivity index (χ3v) is 20.4. The summed E-state index contributed by atoms with van der Waals surface area (Å²) in [5, 5.41) is 0. The van der Waals surface area contributed by atoms with E-state index in [9.17, 15) is 119 Å². The van der Waals surface area contributed by atoms with Gasteiger partial charge in [0.05, 0.1) is 105 Å². The van der Waals surface area contributed by atoms with Gasteiger partial charge in [-0.15, -0.1) is 0 Å². The van der Waals surface area contributed by atoms with Crippen molar-refractivity contribution >= 4 is 126 Å². The molecule has 0 fully saturated rings. The highest BCUT2D eigenvalue weighted by Crippen LogP contribution is 2.45. The maximum atomic E-state index is 12.4. The average molecular weight is 2240 g/mol. The lowest BCUT2D eigenvalue weighted by Crippen LogP contribution is -2.29. The van der Waals surface area contributed by atoms with E-state index < -0.39 is 207 Å². The molecule has 0 bridgehead atoms. The summed E-state index contributed by atoms with van der Waals surface area (Å²) in [5.41, 5.74) is -0.884. The van der Waals surface area contributed by atoms with Crippen LogP contribution in [0.2, 0.25) is 0 Å². The number of ether oxygens (including phenoxy) is 2. The highest BCUT2D eigenvalue weighted by Gasteiger charge is 2.31. The molecule has 0 saturated carbocycles. The highest BCUT2D eigenvalue weighted by atomic mass is 31.2. The van der Waals surface area contributed by atoms with E-state index in [0.717, 1.165) is 0 Å². The number of phosphoric acid groups is 5. The van der Waals surface area contributed by atoms with E-state index in [2.05, 4.69) is 9.05 Å². The molecular weight excluding hydrogens is 1980 g/mol. The second-order valence-electron chi connectivity index (χ2n) is 25.9. The molecule has 0 aliphatic rings. The zero-order chi connectivity index (χ0) is 83.8. The van der Waals surface area contributed by atoms with Gasteiger partial charge in [0.2, 0.25) is 0 Å². The molecule has 0 rings (SSSR count). The van der Waals surface area contributed by atoms with Crippen LogP contribution in [0.5, 0.6) is 0 Å². The molecule has 37 nitrogen and oxygen atoms in total. The first-order valence-corrected chi connectivity index (χ1v) is 43.4. The molecule has 0 aromatic carbocycles. The van der Waals surface area contributed by atoms with Gasteiger partial charge in [0.1, 0.15) is 86.7 Å². The summed E-state index contributed by atoms with van der Waals surface area (Å²) in [6.07, 6.45) is -2.20. The largest absolute Gasteiger partial charge is 0.756 e. The van der Waals surface area contributed by atoms with Crippen LogP contribution in [0, 0.1) is 11.3 Å². The summed E-state index contributed by atoms with van der Waals surface area (Å²) in [5.74, 6) is -6.05. The molecule has 0 spiro atoms. The summed E-state index contributed by atoms with van der Waals surface area (Å²) in [7, 11) is -24.1. The summed E-state index contributed by atoms with van der Waals surface area (Å²) >= 11 is 0. The van der Waals surface area contributed by atoms with E-state index in [1.807, 2.05) is 0 Å². The molecule has 0 amide bonds. The third-order valence-electron chi connectivity index (χ3n) is 15.4. The predicted octanol–water partition coefficient (Wildman–Crippen LogP) is 28.8. The van der Waals surface area contributed by atoms with Crippen molar-refractivity contribution in [3.8, 4) is 0 Å². The Morgan fingerprint density at radius 2 is 0.359 bits per heavy atom. The van der Waals surface area contributed by atoms with Crippen LogP contribution in [0.1, 0.15) is 501 Å². The number of phosphoric ester groups is 5. The Balaban J connectivity index is -0.0000000383. The van der Waals surface area contributed by atoms with Gasteiger partial charge in [0.15, 0.2) is 0 Å². The molecule has 42 heteroatoms. The van der Waals surface area contributed by atoms with Crippen LogP contribution in [-0.4, -0.2) is 179 Å². The number of rotatable bonds is 76. The van der Waals surface area contributed by atoms with E-state index in [1.165, 1.54) is 34.6 Å².